The van der Waals surface area contributed by atoms with Crippen LogP contribution in [0.15, 0.2) is 114 Å². The quantitative estimate of drug-likeness (QED) is 0.174. The summed E-state index contributed by atoms with van der Waals surface area (Å²) in [7, 11) is 0. The van der Waals surface area contributed by atoms with Crippen molar-refractivity contribution in [3.63, 3.8) is 0 Å². The van der Waals surface area contributed by atoms with Crippen molar-refractivity contribution in [1.29, 1.82) is 10.5 Å². The molecule has 6 rings (SSSR count). The zero-order valence-corrected chi connectivity index (χ0v) is 25.2. The fourth-order valence-electron chi connectivity index (χ4n) is 5.46. The van der Waals surface area contributed by atoms with Gasteiger partial charge in [-0.15, -0.1) is 0 Å². The van der Waals surface area contributed by atoms with Crippen LogP contribution in [0.2, 0.25) is 5.02 Å². The summed E-state index contributed by atoms with van der Waals surface area (Å²) in [5, 5.41) is 30.5. The van der Waals surface area contributed by atoms with Crippen molar-refractivity contribution in [2.24, 2.45) is 0 Å². The predicted octanol–water partition coefficient (Wildman–Crippen LogP) is 9.25. The summed E-state index contributed by atoms with van der Waals surface area (Å²) in [5.41, 5.74) is 3.81. The first-order chi connectivity index (χ1) is 22.2. The molecule has 0 saturated heterocycles. The fourth-order valence-corrected chi connectivity index (χ4v) is 7.03. The second kappa shape index (κ2) is 12.5. The van der Waals surface area contributed by atoms with Gasteiger partial charge in [0.1, 0.15) is 17.1 Å². The molecule has 0 aliphatic carbocycles. The molecule has 1 unspecified atom stereocenters. The minimum absolute atomic E-state index is 0.0257. The van der Waals surface area contributed by atoms with Gasteiger partial charge in [0, 0.05) is 38.2 Å². The summed E-state index contributed by atoms with van der Waals surface area (Å²) < 4.78 is 42.7. The molecular weight excluding hydrogens is 628 g/mol. The molecule has 0 aliphatic rings. The molecule has 46 heavy (non-hydrogen) atoms. The zero-order valence-electron chi connectivity index (χ0n) is 23.6. The van der Waals surface area contributed by atoms with E-state index in [0.29, 0.717) is 44.4 Å². The molecule has 5 aromatic carbocycles. The number of carboxylic acids is 1. The highest BCUT2D eigenvalue weighted by Crippen LogP contribution is 2.46. The third-order valence-corrected chi connectivity index (χ3v) is 9.25. The number of para-hydroxylation sites is 1. The Morgan fingerprint density at radius 2 is 1.48 bits per heavy atom. The first-order valence-electron chi connectivity index (χ1n) is 13.7. The van der Waals surface area contributed by atoms with Gasteiger partial charge in [-0.1, -0.05) is 60.1 Å². The van der Waals surface area contributed by atoms with Crippen LogP contribution in [0, 0.1) is 22.7 Å². The lowest BCUT2D eigenvalue weighted by Crippen LogP contribution is -2.14. The van der Waals surface area contributed by atoms with Crippen LogP contribution < -0.4 is 0 Å². The third kappa shape index (κ3) is 5.38. The van der Waals surface area contributed by atoms with E-state index in [4.69, 9.17) is 11.6 Å². The fraction of sp³-hybridized carbons (Fsp3) is 0.0278. The molecule has 0 saturated carbocycles. The maximum absolute atomic E-state index is 14.5. The van der Waals surface area contributed by atoms with Gasteiger partial charge in [0.05, 0.1) is 34.3 Å². The minimum atomic E-state index is -2.69. The molecule has 0 bridgehead atoms. The lowest BCUT2D eigenvalue weighted by atomic mass is 9.90. The summed E-state index contributed by atoms with van der Waals surface area (Å²) in [6.07, 6.45) is -2.69. The second-order valence-electron chi connectivity index (χ2n) is 10.2. The maximum atomic E-state index is 14.5. The number of hydrogen-bond donors (Lipinski definition) is 1. The van der Waals surface area contributed by atoms with Gasteiger partial charge < -0.3 is 9.66 Å². The van der Waals surface area contributed by atoms with E-state index < -0.39 is 23.8 Å². The molecule has 0 amide bonds. The number of halogens is 3. The largest absolute Gasteiger partial charge is 0.587 e. The normalized spacial score (nSPS) is 11.7. The molecular formula is C36H20ClF2N3O3S. The first kappa shape index (κ1) is 30.6. The van der Waals surface area contributed by atoms with Crippen molar-refractivity contribution >= 4 is 39.8 Å². The molecule has 0 radical (unpaired) electrons. The van der Waals surface area contributed by atoms with Gasteiger partial charge in [0.25, 0.3) is 6.43 Å². The Morgan fingerprint density at radius 1 is 0.826 bits per heavy atom. The van der Waals surface area contributed by atoms with Crippen LogP contribution in [0.3, 0.4) is 0 Å². The Bertz CT molecular complexity index is 2210. The van der Waals surface area contributed by atoms with Crippen LogP contribution in [0.4, 0.5) is 8.78 Å². The molecule has 10 heteroatoms. The lowest BCUT2D eigenvalue weighted by Gasteiger charge is -2.17. The molecule has 6 nitrogen and oxygen atoms in total. The van der Waals surface area contributed by atoms with E-state index in [-0.39, 0.29) is 32.2 Å². The van der Waals surface area contributed by atoms with Crippen molar-refractivity contribution < 1.29 is 23.2 Å². The van der Waals surface area contributed by atoms with E-state index in [1.165, 1.54) is 36.4 Å². The number of nitriles is 2. The van der Waals surface area contributed by atoms with Gasteiger partial charge in [-0.2, -0.15) is 14.5 Å². The Balaban J connectivity index is 1.69. The van der Waals surface area contributed by atoms with Crippen molar-refractivity contribution in [3.05, 3.63) is 136 Å². The van der Waals surface area contributed by atoms with Crippen molar-refractivity contribution in [2.45, 2.75) is 11.3 Å². The van der Waals surface area contributed by atoms with Crippen LogP contribution in [0.1, 0.15) is 33.5 Å². The molecule has 1 heterocycles. The number of benzene rings is 5. The molecule has 224 valence electrons. The van der Waals surface area contributed by atoms with Crippen molar-refractivity contribution in [3.8, 4) is 45.6 Å². The standard InChI is InChI=1S/C36H20ClF2N3O3S/c37-30-18-24(36(43)44)13-16-28(30)22-5-3-6-23(17-22)34-33(32-25(19-40)7-4-8-26(32)20-41)29-9-1-2-10-31(29)42(34)46(45)27-14-11-21(12-15-27)35(38)39/h1-18,35H,(H,43,44). The van der Waals surface area contributed by atoms with Gasteiger partial charge >= 0.3 is 5.97 Å². The number of carbonyl (C=O) groups is 1. The molecule has 1 N–H and O–H groups in total. The van der Waals surface area contributed by atoms with Gasteiger partial charge in [-0.05, 0) is 66.2 Å². The highest BCUT2D eigenvalue weighted by molar-refractivity contribution is 7.90. The molecule has 6 aromatic rings. The average Bonchev–Trinajstić information content (AvgIpc) is 3.42. The Labute approximate surface area is 270 Å². The lowest BCUT2D eigenvalue weighted by molar-refractivity contribution is 0.0697. The maximum Gasteiger partial charge on any atom is 0.335 e. The highest BCUT2D eigenvalue weighted by Gasteiger charge is 2.31. The Morgan fingerprint density at radius 3 is 2.11 bits per heavy atom. The highest BCUT2D eigenvalue weighted by atomic mass is 35.5. The van der Waals surface area contributed by atoms with E-state index in [0.717, 1.165) is 0 Å². The topological polar surface area (TPSA) is 113 Å². The van der Waals surface area contributed by atoms with Gasteiger partial charge in [0.2, 0.25) is 0 Å². The van der Waals surface area contributed by atoms with E-state index in [1.807, 2.05) is 6.07 Å². The average molecular weight is 648 g/mol. The molecule has 1 aromatic heterocycles. The van der Waals surface area contributed by atoms with E-state index in [2.05, 4.69) is 12.1 Å². The molecule has 0 fully saturated rings. The smallest absolute Gasteiger partial charge is 0.335 e. The first-order valence-corrected chi connectivity index (χ1v) is 15.2. The van der Waals surface area contributed by atoms with Gasteiger partial charge in [-0.25, -0.2) is 13.6 Å². The van der Waals surface area contributed by atoms with Gasteiger partial charge in [-0.3, -0.25) is 0 Å². The van der Waals surface area contributed by atoms with E-state index >= 15 is 0 Å². The molecule has 1 atom stereocenters. The van der Waals surface area contributed by atoms with E-state index in [1.54, 1.807) is 70.7 Å². The monoisotopic (exact) mass is 647 g/mol. The summed E-state index contributed by atoms with van der Waals surface area (Å²) >= 11 is 4.56. The Hall–Kier alpha value is -5.45. The number of aromatic carboxylic acids is 1. The summed E-state index contributed by atoms with van der Waals surface area (Å²) in [5.74, 6) is -1.12. The van der Waals surface area contributed by atoms with Crippen LogP contribution in [0.5, 0.6) is 0 Å². The second-order valence-corrected chi connectivity index (χ2v) is 11.9. The predicted molar refractivity (Wildman–Crippen MR) is 173 cm³/mol. The van der Waals surface area contributed by atoms with Crippen molar-refractivity contribution in [1.82, 2.24) is 3.97 Å². The van der Waals surface area contributed by atoms with Gasteiger partial charge in [0.15, 0.2) is 4.90 Å². The molecule has 0 aliphatic heterocycles. The number of aromatic nitrogens is 1. The van der Waals surface area contributed by atoms with Crippen molar-refractivity contribution in [2.75, 3.05) is 0 Å². The number of rotatable bonds is 7. The number of fused-ring (bicyclic) bond motifs is 1. The number of hydrogen-bond acceptors (Lipinski definition) is 4. The van der Waals surface area contributed by atoms with Crippen LogP contribution in [-0.4, -0.2) is 19.6 Å². The number of carboxylic acid groups (broad SMARTS) is 1. The zero-order chi connectivity index (χ0) is 32.5. The van der Waals surface area contributed by atoms with Crippen LogP contribution in [-0.2, 0) is 11.4 Å². The Kier molecular flexibility index (Phi) is 8.31. The molecule has 0 spiro atoms. The minimum Gasteiger partial charge on any atom is -0.587 e. The summed E-state index contributed by atoms with van der Waals surface area (Å²) in [6.45, 7) is 0. The van der Waals surface area contributed by atoms with Crippen LogP contribution >= 0.6 is 11.6 Å². The number of alkyl halides is 2. The van der Waals surface area contributed by atoms with Crippen LogP contribution in [0.25, 0.3) is 44.4 Å². The van der Waals surface area contributed by atoms with E-state index in [9.17, 15) is 33.8 Å². The SMILES string of the molecule is N#Cc1cccc(C#N)c1-c1c(-c2cccc(-c3ccc(C(=O)O)cc3Cl)c2)n([S+]([O-])c2ccc(C(F)F)cc2)c2ccccc12. The number of nitrogens with zero attached hydrogens (tertiary/aromatic N) is 3. The third-order valence-electron chi connectivity index (χ3n) is 7.55. The summed E-state index contributed by atoms with van der Waals surface area (Å²) in [6, 6.07) is 33.1. The summed E-state index contributed by atoms with van der Waals surface area (Å²) in [4.78, 5) is 11.8.